The fourth-order valence-electron chi connectivity index (χ4n) is 3.18. The molecule has 0 radical (unpaired) electrons. The van der Waals surface area contributed by atoms with Crippen molar-refractivity contribution in [2.24, 2.45) is 0 Å². The Morgan fingerprint density at radius 1 is 1.31 bits per heavy atom. The Labute approximate surface area is 155 Å². The summed E-state index contributed by atoms with van der Waals surface area (Å²) in [6, 6.07) is 10.8. The first-order chi connectivity index (χ1) is 12.3. The maximum atomic E-state index is 12.2. The number of hydrogen-bond acceptors (Lipinski definition) is 4. The van der Waals surface area contributed by atoms with Crippen LogP contribution in [0.5, 0.6) is 0 Å². The molecule has 0 N–H and O–H groups in total. The fraction of sp³-hybridized carbons (Fsp3) is 0.500. The number of carbonyl (C=O) groups excluding carboxylic acids is 1. The first-order valence-corrected chi connectivity index (χ1v) is 9.09. The number of hydrogen-bond donors (Lipinski definition) is 0. The van der Waals surface area contributed by atoms with Crippen LogP contribution in [-0.2, 0) is 11.3 Å². The van der Waals surface area contributed by atoms with Crippen LogP contribution in [0.25, 0.3) is 0 Å². The number of carbonyl (C=O) groups is 1. The van der Waals surface area contributed by atoms with Crippen LogP contribution >= 0.6 is 0 Å². The second-order valence-corrected chi connectivity index (χ2v) is 7.85. The van der Waals surface area contributed by atoms with Crippen molar-refractivity contribution in [2.75, 3.05) is 25.0 Å². The minimum atomic E-state index is -0.453. The van der Waals surface area contributed by atoms with Crippen molar-refractivity contribution in [3.63, 3.8) is 0 Å². The van der Waals surface area contributed by atoms with Crippen molar-refractivity contribution >= 4 is 11.8 Å². The summed E-state index contributed by atoms with van der Waals surface area (Å²) in [4.78, 5) is 16.3. The Hall–Kier alpha value is -2.50. The molecule has 1 aliphatic rings. The van der Waals surface area contributed by atoms with Crippen LogP contribution in [0.1, 0.15) is 32.8 Å². The molecule has 0 unspecified atom stereocenters. The van der Waals surface area contributed by atoms with E-state index in [0.717, 1.165) is 25.2 Å². The molecule has 1 atom stereocenters. The van der Waals surface area contributed by atoms with Gasteiger partial charge >= 0.3 is 6.09 Å². The molecule has 1 aromatic heterocycles. The minimum Gasteiger partial charge on any atom is -0.444 e. The average Bonchev–Trinajstić information content (AvgIpc) is 3.25. The molecule has 6 nitrogen and oxygen atoms in total. The van der Waals surface area contributed by atoms with Gasteiger partial charge in [-0.1, -0.05) is 12.1 Å². The molecule has 1 aromatic carbocycles. The number of benzene rings is 1. The number of likely N-dealkylation sites (tertiary alicyclic amines) is 1. The van der Waals surface area contributed by atoms with Gasteiger partial charge in [-0.3, -0.25) is 4.68 Å². The molecule has 1 saturated heterocycles. The molecule has 6 heteroatoms. The van der Waals surface area contributed by atoms with Crippen LogP contribution < -0.4 is 4.90 Å². The molecule has 0 aliphatic carbocycles. The van der Waals surface area contributed by atoms with Crippen LogP contribution in [0.3, 0.4) is 0 Å². The van der Waals surface area contributed by atoms with Gasteiger partial charge in [-0.2, -0.15) is 5.10 Å². The molecule has 0 bridgehead atoms. The van der Waals surface area contributed by atoms with Crippen LogP contribution in [0.15, 0.2) is 42.7 Å². The van der Waals surface area contributed by atoms with Gasteiger partial charge in [-0.05, 0) is 51.0 Å². The molecule has 2 aromatic rings. The number of anilines is 1. The van der Waals surface area contributed by atoms with E-state index in [1.807, 2.05) is 37.7 Å². The van der Waals surface area contributed by atoms with Gasteiger partial charge in [0.1, 0.15) is 5.60 Å². The van der Waals surface area contributed by atoms with E-state index in [2.05, 4.69) is 41.3 Å². The van der Waals surface area contributed by atoms with E-state index in [1.165, 1.54) is 5.56 Å². The molecular weight excluding hydrogens is 328 g/mol. The van der Waals surface area contributed by atoms with E-state index in [4.69, 9.17) is 4.74 Å². The topological polar surface area (TPSA) is 50.6 Å². The first kappa shape index (κ1) is 18.3. The highest BCUT2D eigenvalue weighted by Gasteiger charge is 2.31. The van der Waals surface area contributed by atoms with Gasteiger partial charge < -0.3 is 14.5 Å². The third-order valence-corrected chi connectivity index (χ3v) is 4.61. The van der Waals surface area contributed by atoms with Crippen molar-refractivity contribution in [3.8, 4) is 0 Å². The monoisotopic (exact) mass is 356 g/mol. The van der Waals surface area contributed by atoms with Crippen LogP contribution in [-0.4, -0.2) is 52.6 Å². The van der Waals surface area contributed by atoms with Crippen LogP contribution in [0.4, 0.5) is 10.5 Å². The van der Waals surface area contributed by atoms with Crippen molar-refractivity contribution in [3.05, 3.63) is 48.3 Å². The molecule has 0 spiro atoms. The van der Waals surface area contributed by atoms with Gasteiger partial charge in [0.25, 0.3) is 0 Å². The Morgan fingerprint density at radius 2 is 2.04 bits per heavy atom. The fourth-order valence-corrected chi connectivity index (χ4v) is 3.18. The SMILES string of the molecule is CN(c1ccc(Cn2cccn2)cc1)[C@@H]1CCN(C(=O)OC(C)(C)C)C1. The van der Waals surface area contributed by atoms with Crippen LogP contribution in [0.2, 0.25) is 0 Å². The third-order valence-electron chi connectivity index (χ3n) is 4.61. The smallest absolute Gasteiger partial charge is 0.410 e. The van der Waals surface area contributed by atoms with Crippen molar-refractivity contribution < 1.29 is 9.53 Å². The summed E-state index contributed by atoms with van der Waals surface area (Å²) < 4.78 is 7.39. The number of amides is 1. The van der Waals surface area contributed by atoms with Gasteiger partial charge in [0.2, 0.25) is 0 Å². The molecule has 140 valence electrons. The zero-order valence-corrected chi connectivity index (χ0v) is 16.1. The maximum Gasteiger partial charge on any atom is 0.410 e. The average molecular weight is 356 g/mol. The Bertz CT molecular complexity index is 719. The lowest BCUT2D eigenvalue weighted by atomic mass is 10.1. The summed E-state index contributed by atoms with van der Waals surface area (Å²) in [6.45, 7) is 7.90. The number of likely N-dealkylation sites (N-methyl/N-ethyl adjacent to an activating group) is 1. The van der Waals surface area contributed by atoms with Gasteiger partial charge in [0, 0.05) is 44.3 Å². The van der Waals surface area contributed by atoms with E-state index in [9.17, 15) is 4.79 Å². The number of rotatable bonds is 4. The summed E-state index contributed by atoms with van der Waals surface area (Å²) in [5.74, 6) is 0. The van der Waals surface area contributed by atoms with E-state index in [0.29, 0.717) is 12.6 Å². The van der Waals surface area contributed by atoms with Gasteiger partial charge in [0.15, 0.2) is 0 Å². The van der Waals surface area contributed by atoms with Crippen molar-refractivity contribution in [2.45, 2.75) is 45.4 Å². The summed E-state index contributed by atoms with van der Waals surface area (Å²) in [7, 11) is 2.09. The highest BCUT2D eigenvalue weighted by atomic mass is 16.6. The molecule has 0 saturated carbocycles. The lowest BCUT2D eigenvalue weighted by Gasteiger charge is -2.28. The van der Waals surface area contributed by atoms with E-state index < -0.39 is 5.60 Å². The summed E-state index contributed by atoms with van der Waals surface area (Å²) in [5.41, 5.74) is 1.92. The predicted molar refractivity (Wildman–Crippen MR) is 102 cm³/mol. The van der Waals surface area contributed by atoms with Gasteiger partial charge in [-0.25, -0.2) is 4.79 Å². The zero-order chi connectivity index (χ0) is 18.7. The Morgan fingerprint density at radius 3 is 2.65 bits per heavy atom. The molecule has 1 amide bonds. The first-order valence-electron chi connectivity index (χ1n) is 9.09. The van der Waals surface area contributed by atoms with E-state index >= 15 is 0 Å². The highest BCUT2D eigenvalue weighted by Crippen LogP contribution is 2.23. The third kappa shape index (κ3) is 4.56. The predicted octanol–water partition coefficient (Wildman–Crippen LogP) is 3.38. The van der Waals surface area contributed by atoms with Crippen LogP contribution in [0, 0.1) is 0 Å². The van der Waals surface area contributed by atoms with Crippen molar-refractivity contribution in [1.29, 1.82) is 0 Å². The largest absolute Gasteiger partial charge is 0.444 e. The Kier molecular flexibility index (Phi) is 5.20. The summed E-state index contributed by atoms with van der Waals surface area (Å²) in [5, 5.41) is 4.24. The zero-order valence-electron chi connectivity index (χ0n) is 16.1. The quantitative estimate of drug-likeness (QED) is 0.843. The van der Waals surface area contributed by atoms with Crippen molar-refractivity contribution in [1.82, 2.24) is 14.7 Å². The number of aromatic nitrogens is 2. The van der Waals surface area contributed by atoms with E-state index in [1.54, 1.807) is 11.1 Å². The Balaban J connectivity index is 1.57. The summed E-state index contributed by atoms with van der Waals surface area (Å²) >= 11 is 0. The highest BCUT2D eigenvalue weighted by molar-refractivity contribution is 5.68. The molecule has 1 fully saturated rings. The number of nitrogens with zero attached hydrogens (tertiary/aromatic N) is 4. The van der Waals surface area contributed by atoms with Gasteiger partial charge in [-0.15, -0.1) is 0 Å². The second-order valence-electron chi connectivity index (χ2n) is 7.85. The maximum absolute atomic E-state index is 12.2. The summed E-state index contributed by atoms with van der Waals surface area (Å²) in [6.07, 6.45) is 4.48. The normalized spacial score (nSPS) is 17.4. The van der Waals surface area contributed by atoms with Gasteiger partial charge in [0.05, 0.1) is 6.54 Å². The van der Waals surface area contributed by atoms with E-state index in [-0.39, 0.29) is 6.09 Å². The second kappa shape index (κ2) is 7.40. The molecular formula is C20H28N4O2. The molecule has 2 heterocycles. The molecule has 3 rings (SSSR count). The number of ether oxygens (including phenoxy) is 1. The lowest BCUT2D eigenvalue weighted by molar-refractivity contribution is 0.0292. The minimum absolute atomic E-state index is 0.219. The lowest BCUT2D eigenvalue weighted by Crippen LogP contribution is -2.39. The standard InChI is InChI=1S/C20H28N4O2/c1-20(2,3)26-19(25)23-13-10-18(15-23)22(4)17-8-6-16(7-9-17)14-24-12-5-11-21-24/h5-9,11-12,18H,10,13-15H2,1-4H3/t18-/m1/s1. The molecule has 26 heavy (non-hydrogen) atoms. The molecule has 1 aliphatic heterocycles.